The van der Waals surface area contributed by atoms with Crippen molar-refractivity contribution in [3.8, 4) is 0 Å². The molecule has 0 amide bonds. The molecule has 0 radical (unpaired) electrons. The van der Waals surface area contributed by atoms with Gasteiger partial charge in [0.1, 0.15) is 4.90 Å². The summed E-state index contributed by atoms with van der Waals surface area (Å²) in [6.45, 7) is 5.15. The molecule has 0 aliphatic carbocycles. The second-order valence-electron chi connectivity index (χ2n) is 4.00. The van der Waals surface area contributed by atoms with Crippen LogP contribution < -0.4 is 4.72 Å². The molecule has 0 fully saturated rings. The van der Waals surface area contributed by atoms with Gasteiger partial charge in [-0.25, -0.2) is 13.1 Å². The summed E-state index contributed by atoms with van der Waals surface area (Å²) in [6, 6.07) is -0.251. The molecule has 0 aliphatic heterocycles. The number of sulfonamides is 1. The molecule has 0 aromatic carbocycles. The van der Waals surface area contributed by atoms with Crippen LogP contribution in [0.5, 0.6) is 0 Å². The van der Waals surface area contributed by atoms with E-state index in [1.54, 1.807) is 13.8 Å². The highest BCUT2D eigenvalue weighted by atomic mass is 32.2. The summed E-state index contributed by atoms with van der Waals surface area (Å²) in [5, 5.41) is 15.4. The van der Waals surface area contributed by atoms with E-state index in [4.69, 9.17) is 5.11 Å². The van der Waals surface area contributed by atoms with Crippen LogP contribution in [0.1, 0.15) is 31.2 Å². The molecule has 0 saturated heterocycles. The van der Waals surface area contributed by atoms with E-state index in [9.17, 15) is 8.42 Å². The lowest BCUT2D eigenvalue weighted by Gasteiger charge is -2.15. The van der Waals surface area contributed by atoms with Gasteiger partial charge in [0.2, 0.25) is 10.0 Å². The number of rotatable bonds is 6. The fourth-order valence-corrected chi connectivity index (χ4v) is 3.44. The van der Waals surface area contributed by atoms with E-state index < -0.39 is 10.0 Å². The van der Waals surface area contributed by atoms with Gasteiger partial charge in [0.15, 0.2) is 0 Å². The molecular formula is C10H19N3O3S. The SMILES string of the molecule is CCC(CCO)NS(=O)(=O)c1c(C)n[nH]c1C. The van der Waals surface area contributed by atoms with Crippen LogP contribution in [-0.4, -0.2) is 36.4 Å². The van der Waals surface area contributed by atoms with Crippen molar-refractivity contribution in [1.82, 2.24) is 14.9 Å². The molecule has 17 heavy (non-hydrogen) atoms. The number of hydrogen-bond acceptors (Lipinski definition) is 4. The van der Waals surface area contributed by atoms with Crippen LogP contribution in [0.2, 0.25) is 0 Å². The Bertz CT molecular complexity index is 448. The molecule has 0 saturated carbocycles. The Balaban J connectivity index is 2.96. The second kappa shape index (κ2) is 5.61. The van der Waals surface area contributed by atoms with E-state index in [1.807, 2.05) is 6.92 Å². The number of aromatic nitrogens is 2. The number of hydrogen-bond donors (Lipinski definition) is 3. The normalized spacial score (nSPS) is 13.9. The van der Waals surface area contributed by atoms with Gasteiger partial charge in [-0.05, 0) is 26.7 Å². The Morgan fingerprint density at radius 1 is 1.47 bits per heavy atom. The number of aliphatic hydroxyl groups is 1. The van der Waals surface area contributed by atoms with Crippen molar-refractivity contribution in [3.63, 3.8) is 0 Å². The van der Waals surface area contributed by atoms with E-state index in [1.165, 1.54) is 0 Å². The van der Waals surface area contributed by atoms with Gasteiger partial charge in [-0.3, -0.25) is 5.10 Å². The molecule has 1 aromatic rings. The zero-order valence-electron chi connectivity index (χ0n) is 10.3. The predicted octanol–water partition coefficient (Wildman–Crippen LogP) is 0.466. The number of nitrogens with one attached hydrogen (secondary N) is 2. The summed E-state index contributed by atoms with van der Waals surface area (Å²) >= 11 is 0. The maximum Gasteiger partial charge on any atom is 0.244 e. The van der Waals surface area contributed by atoms with Crippen LogP contribution in [0, 0.1) is 13.8 Å². The third-order valence-electron chi connectivity index (χ3n) is 2.62. The van der Waals surface area contributed by atoms with Gasteiger partial charge in [0, 0.05) is 12.6 Å². The first-order chi connectivity index (χ1) is 7.92. The third-order valence-corrected chi connectivity index (χ3v) is 4.40. The molecule has 98 valence electrons. The molecule has 1 unspecified atom stereocenters. The van der Waals surface area contributed by atoms with Gasteiger partial charge < -0.3 is 5.11 Å². The minimum absolute atomic E-state index is 0.0373. The van der Waals surface area contributed by atoms with E-state index in [0.717, 1.165) is 0 Å². The summed E-state index contributed by atoms with van der Waals surface area (Å²) in [5.74, 6) is 0. The summed E-state index contributed by atoms with van der Waals surface area (Å²) < 4.78 is 26.8. The Hall–Kier alpha value is -0.920. The second-order valence-corrected chi connectivity index (χ2v) is 5.65. The zero-order chi connectivity index (χ0) is 13.1. The molecule has 0 aliphatic rings. The van der Waals surface area contributed by atoms with Crippen molar-refractivity contribution in [2.24, 2.45) is 0 Å². The van der Waals surface area contributed by atoms with Crippen molar-refractivity contribution >= 4 is 10.0 Å². The fourth-order valence-electron chi connectivity index (χ4n) is 1.72. The topological polar surface area (TPSA) is 95.1 Å². The highest BCUT2D eigenvalue weighted by Crippen LogP contribution is 2.17. The van der Waals surface area contributed by atoms with Crippen molar-refractivity contribution in [2.45, 2.75) is 44.6 Å². The van der Waals surface area contributed by atoms with Crippen LogP contribution in [0.3, 0.4) is 0 Å². The highest BCUT2D eigenvalue weighted by Gasteiger charge is 2.24. The van der Waals surface area contributed by atoms with Gasteiger partial charge in [0.05, 0.1) is 11.4 Å². The molecule has 1 aromatic heterocycles. The van der Waals surface area contributed by atoms with Crippen molar-refractivity contribution in [3.05, 3.63) is 11.4 Å². The highest BCUT2D eigenvalue weighted by molar-refractivity contribution is 7.89. The van der Waals surface area contributed by atoms with Gasteiger partial charge in [-0.1, -0.05) is 6.92 Å². The molecule has 1 heterocycles. The van der Waals surface area contributed by atoms with Crippen LogP contribution in [-0.2, 0) is 10.0 Å². The molecule has 6 nitrogen and oxygen atoms in total. The fraction of sp³-hybridized carbons (Fsp3) is 0.700. The van der Waals surface area contributed by atoms with Crippen LogP contribution in [0.4, 0.5) is 0 Å². The van der Waals surface area contributed by atoms with E-state index >= 15 is 0 Å². The number of H-pyrrole nitrogens is 1. The maximum atomic E-state index is 12.1. The summed E-state index contributed by atoms with van der Waals surface area (Å²) in [5.41, 5.74) is 0.975. The van der Waals surface area contributed by atoms with Crippen molar-refractivity contribution < 1.29 is 13.5 Å². The molecule has 1 atom stereocenters. The summed E-state index contributed by atoms with van der Waals surface area (Å²) in [7, 11) is -3.57. The lowest BCUT2D eigenvalue weighted by Crippen LogP contribution is -2.35. The summed E-state index contributed by atoms with van der Waals surface area (Å²) in [4.78, 5) is 0.203. The molecule has 1 rings (SSSR count). The van der Waals surface area contributed by atoms with Crippen molar-refractivity contribution in [2.75, 3.05) is 6.61 Å². The van der Waals surface area contributed by atoms with Gasteiger partial charge in [-0.2, -0.15) is 5.10 Å². The number of nitrogens with zero attached hydrogens (tertiary/aromatic N) is 1. The molecule has 0 bridgehead atoms. The lowest BCUT2D eigenvalue weighted by molar-refractivity contribution is 0.270. The smallest absolute Gasteiger partial charge is 0.244 e. The average molecular weight is 261 g/mol. The van der Waals surface area contributed by atoms with Crippen LogP contribution >= 0.6 is 0 Å². The first-order valence-corrected chi connectivity index (χ1v) is 7.05. The molecular weight excluding hydrogens is 242 g/mol. The molecule has 0 spiro atoms. The van der Waals surface area contributed by atoms with E-state index in [2.05, 4.69) is 14.9 Å². The number of aromatic amines is 1. The molecule has 7 heteroatoms. The Morgan fingerprint density at radius 2 is 2.12 bits per heavy atom. The van der Waals surface area contributed by atoms with E-state index in [0.29, 0.717) is 24.2 Å². The third kappa shape index (κ3) is 3.27. The Kier molecular flexibility index (Phi) is 4.67. The largest absolute Gasteiger partial charge is 0.396 e. The summed E-state index contributed by atoms with van der Waals surface area (Å²) in [6.07, 6.45) is 1.04. The number of aryl methyl sites for hydroxylation is 2. The predicted molar refractivity (Wildman–Crippen MR) is 64.2 cm³/mol. The monoisotopic (exact) mass is 261 g/mol. The standard InChI is InChI=1S/C10H19N3O3S/c1-4-9(5-6-14)13-17(15,16)10-7(2)11-12-8(10)3/h9,13-14H,4-6H2,1-3H3,(H,11,12). The minimum atomic E-state index is -3.57. The van der Waals surface area contributed by atoms with Crippen LogP contribution in [0.15, 0.2) is 4.90 Å². The van der Waals surface area contributed by atoms with E-state index in [-0.39, 0.29) is 17.5 Å². The van der Waals surface area contributed by atoms with Crippen LogP contribution in [0.25, 0.3) is 0 Å². The van der Waals surface area contributed by atoms with Gasteiger partial charge >= 0.3 is 0 Å². The minimum Gasteiger partial charge on any atom is -0.396 e. The first-order valence-electron chi connectivity index (χ1n) is 5.57. The lowest BCUT2D eigenvalue weighted by atomic mass is 10.2. The zero-order valence-corrected chi connectivity index (χ0v) is 11.1. The van der Waals surface area contributed by atoms with Gasteiger partial charge in [0.25, 0.3) is 0 Å². The Labute approximate surface area is 101 Å². The number of aliphatic hydroxyl groups excluding tert-OH is 1. The van der Waals surface area contributed by atoms with Gasteiger partial charge in [-0.15, -0.1) is 0 Å². The molecule has 3 N–H and O–H groups in total. The maximum absolute atomic E-state index is 12.1. The first kappa shape index (κ1) is 14.1. The average Bonchev–Trinajstić information content (AvgIpc) is 2.58. The Morgan fingerprint density at radius 3 is 2.53 bits per heavy atom. The van der Waals surface area contributed by atoms with Crippen molar-refractivity contribution in [1.29, 1.82) is 0 Å². The quantitative estimate of drug-likeness (QED) is 0.693.